The largest absolute Gasteiger partial charge is 0.481 e. The number of rotatable bonds is 10. The predicted molar refractivity (Wildman–Crippen MR) is 212 cm³/mol. The van der Waals surface area contributed by atoms with Crippen LogP contribution in [0, 0.1) is 0 Å². The molecule has 2 heterocycles. The van der Waals surface area contributed by atoms with Crippen molar-refractivity contribution in [2.24, 2.45) is 0 Å². The summed E-state index contributed by atoms with van der Waals surface area (Å²) in [5.41, 5.74) is 14.3. The van der Waals surface area contributed by atoms with Crippen LogP contribution in [0.25, 0.3) is 21.5 Å². The molecule has 6 rings (SSSR count). The number of carbonyl (C=O) groups excluding carboxylic acids is 8. The van der Waals surface area contributed by atoms with E-state index in [2.05, 4.69) is 15.4 Å². The number of nitrogens with one attached hydrogen (secondary N) is 2. The Morgan fingerprint density at radius 3 is 1.15 bits per heavy atom. The van der Waals surface area contributed by atoms with Gasteiger partial charge in [-0.25, -0.2) is 0 Å². The molecule has 19 nitrogen and oxygen atoms in total. The Bertz CT molecular complexity index is 2340. The maximum Gasteiger partial charge on any atom is 0.310 e. The van der Waals surface area contributed by atoms with E-state index < -0.39 is 47.5 Å². The van der Waals surface area contributed by atoms with Gasteiger partial charge in [0.2, 0.25) is 11.8 Å². The van der Waals surface area contributed by atoms with Crippen molar-refractivity contribution in [2.75, 3.05) is 35.2 Å². The molecular formula is C40H40N6O13. The van der Waals surface area contributed by atoms with Gasteiger partial charge in [0.15, 0.2) is 0 Å². The molecule has 0 aliphatic carbocycles. The molecule has 8 N–H and O–H groups in total. The van der Waals surface area contributed by atoms with Gasteiger partial charge in [0.1, 0.15) is 0 Å². The Balaban J connectivity index is 0.000000229. The van der Waals surface area contributed by atoms with Gasteiger partial charge in [-0.2, -0.15) is 0 Å². The molecule has 0 aromatic heterocycles. The highest BCUT2D eigenvalue weighted by Gasteiger charge is 2.35. The zero-order chi connectivity index (χ0) is 43.9. The molecule has 2 aliphatic rings. The summed E-state index contributed by atoms with van der Waals surface area (Å²) in [6.45, 7) is 5.01. The lowest BCUT2D eigenvalue weighted by atomic mass is 9.92. The highest BCUT2D eigenvalue weighted by molar-refractivity contribution is 6.27. The van der Waals surface area contributed by atoms with Gasteiger partial charge in [-0.3, -0.25) is 57.7 Å². The number of carboxylic acid groups (broad SMARTS) is 2. The predicted octanol–water partition coefficient (Wildman–Crippen LogP) is 3.78. The third kappa shape index (κ3) is 10.8. The fraction of sp³-hybridized carbons (Fsp3) is 0.250. The van der Waals surface area contributed by atoms with E-state index in [1.807, 2.05) is 0 Å². The van der Waals surface area contributed by atoms with Crippen LogP contribution in [-0.2, 0) is 33.5 Å². The Hall–Kier alpha value is -7.70. The van der Waals surface area contributed by atoms with Crippen LogP contribution < -0.4 is 22.1 Å². The first-order valence-electron chi connectivity index (χ1n) is 17.8. The minimum absolute atomic E-state index is 0.0362. The van der Waals surface area contributed by atoms with Crippen molar-refractivity contribution >= 4 is 104 Å². The first kappa shape index (κ1) is 44.0. The zero-order valence-corrected chi connectivity index (χ0v) is 32.3. The minimum Gasteiger partial charge on any atom is -0.481 e. The van der Waals surface area contributed by atoms with E-state index in [4.69, 9.17) is 21.7 Å². The number of anilines is 4. The molecular weight excluding hydrogens is 772 g/mol. The number of carbonyl (C=O) groups is 10. The summed E-state index contributed by atoms with van der Waals surface area (Å²) < 4.78 is 3.97. The molecule has 0 spiro atoms. The molecule has 0 radical (unpaired) electrons. The molecule has 4 aromatic rings. The fourth-order valence-electron chi connectivity index (χ4n) is 6.46. The highest BCUT2D eigenvalue weighted by atomic mass is 16.6. The second kappa shape index (κ2) is 18.5. The summed E-state index contributed by atoms with van der Waals surface area (Å²) >= 11 is 0. The molecule has 6 amide bonds. The number of aliphatic carboxylic acids is 2. The minimum atomic E-state index is -1.02. The average Bonchev–Trinajstić information content (AvgIpc) is 3.10. The van der Waals surface area contributed by atoms with Gasteiger partial charge in [-0.1, -0.05) is 0 Å². The average molecular weight is 813 g/mol. The Labute approximate surface area is 335 Å². The van der Waals surface area contributed by atoms with Gasteiger partial charge in [0.25, 0.3) is 23.6 Å². The molecule has 0 atom stereocenters. The lowest BCUT2D eigenvalue weighted by molar-refractivity contribution is -0.156. The molecule has 2 aliphatic heterocycles. The first-order valence-corrected chi connectivity index (χ1v) is 17.8. The van der Waals surface area contributed by atoms with E-state index in [-0.39, 0.29) is 61.7 Å². The van der Waals surface area contributed by atoms with E-state index in [1.165, 1.54) is 52.0 Å². The van der Waals surface area contributed by atoms with Crippen LogP contribution in [0.3, 0.4) is 0 Å². The van der Waals surface area contributed by atoms with E-state index in [1.54, 1.807) is 24.3 Å². The van der Waals surface area contributed by atoms with Crippen molar-refractivity contribution in [3.63, 3.8) is 0 Å². The van der Waals surface area contributed by atoms with Crippen LogP contribution in [0.2, 0.25) is 0 Å². The van der Waals surface area contributed by atoms with Crippen LogP contribution in [0.15, 0.2) is 48.5 Å². The normalized spacial score (nSPS) is 12.5. The van der Waals surface area contributed by atoms with E-state index >= 15 is 0 Å². The van der Waals surface area contributed by atoms with E-state index in [9.17, 15) is 47.9 Å². The Morgan fingerprint density at radius 1 is 0.542 bits per heavy atom. The second-order valence-electron chi connectivity index (χ2n) is 13.3. The summed E-state index contributed by atoms with van der Waals surface area (Å²) in [5, 5.41) is 24.9. The number of amides is 6. The molecule has 59 heavy (non-hydrogen) atoms. The number of nitrogens with zero attached hydrogens (tertiary/aromatic N) is 2. The highest BCUT2D eigenvalue weighted by Crippen LogP contribution is 2.36. The SMILES string of the molecule is CC(=O)Nc1cc2c3c(cc(NC(C)=O)cc3c1)C(=O)N(CCCC(=O)O)C2=O.CC(=O)OC(C)=O.Nc1cc2c3c(cc(N)cc3c1)C(=O)N(CCCC(=O)O)C2=O. The van der Waals surface area contributed by atoms with E-state index in [0.29, 0.717) is 55.4 Å². The number of nitrogens with two attached hydrogens (primary N) is 2. The van der Waals surface area contributed by atoms with Crippen LogP contribution in [0.1, 0.15) is 94.8 Å². The molecule has 19 heteroatoms. The summed E-state index contributed by atoms with van der Waals surface area (Å²) in [7, 11) is 0. The molecule has 0 fully saturated rings. The number of hydrogen-bond donors (Lipinski definition) is 6. The summed E-state index contributed by atoms with van der Waals surface area (Å²) in [6.07, 6.45) is 0.00234. The monoisotopic (exact) mass is 812 g/mol. The van der Waals surface area contributed by atoms with Crippen LogP contribution >= 0.6 is 0 Å². The molecule has 0 bridgehead atoms. The van der Waals surface area contributed by atoms with Crippen molar-refractivity contribution < 1.29 is 62.9 Å². The third-order valence-corrected chi connectivity index (χ3v) is 8.52. The topological polar surface area (TPSA) is 303 Å². The van der Waals surface area contributed by atoms with Gasteiger partial charge in [0.05, 0.1) is 22.3 Å². The van der Waals surface area contributed by atoms with Gasteiger partial charge in [0, 0.05) is 87.1 Å². The summed E-state index contributed by atoms with van der Waals surface area (Å²) in [5.74, 6) is -5.82. The maximum absolute atomic E-state index is 13.0. The standard InChI is InChI=1S/C20H19N3O6.C16H15N3O4.C4H6O3/c1-10(24)21-13-6-12-7-14(22-11(2)25)9-16-18(12)15(8-13)19(28)23(20(16)29)5-3-4-17(26)27;17-9-4-8-5-10(18)7-12-14(8)11(6-9)15(22)19(16(12)23)3-1-2-13(20)21;1-3(5)7-4(2)6/h6-9H,3-5H2,1-2H3,(H,21,24)(H,22,25)(H,26,27);4-7H,1-3,17-18H2,(H,20,21);1-2H3. The summed E-state index contributed by atoms with van der Waals surface area (Å²) in [6, 6.07) is 12.6. The molecule has 0 unspecified atom stereocenters. The van der Waals surface area contributed by atoms with Gasteiger partial charge >= 0.3 is 23.9 Å². The van der Waals surface area contributed by atoms with Crippen molar-refractivity contribution in [3.05, 3.63) is 70.8 Å². The lowest BCUT2D eigenvalue weighted by Gasteiger charge is -2.28. The maximum atomic E-state index is 13.0. The number of ether oxygens (including phenoxy) is 1. The zero-order valence-electron chi connectivity index (χ0n) is 32.3. The lowest BCUT2D eigenvalue weighted by Crippen LogP contribution is -2.41. The first-order chi connectivity index (χ1) is 27.7. The fourth-order valence-corrected chi connectivity index (χ4v) is 6.46. The van der Waals surface area contributed by atoms with Crippen molar-refractivity contribution in [1.82, 2.24) is 9.80 Å². The number of esters is 2. The number of benzene rings is 4. The Morgan fingerprint density at radius 2 is 0.864 bits per heavy atom. The molecule has 0 saturated carbocycles. The molecule has 308 valence electrons. The number of hydrogen-bond acceptors (Lipinski definition) is 13. The number of imide groups is 2. The summed E-state index contributed by atoms with van der Waals surface area (Å²) in [4.78, 5) is 117. The van der Waals surface area contributed by atoms with Gasteiger partial charge in [-0.05, 0) is 72.1 Å². The second-order valence-corrected chi connectivity index (χ2v) is 13.3. The van der Waals surface area contributed by atoms with Gasteiger partial charge in [-0.15, -0.1) is 0 Å². The Kier molecular flexibility index (Phi) is 13.8. The van der Waals surface area contributed by atoms with Crippen LogP contribution in [-0.4, -0.2) is 92.4 Å². The number of carboxylic acids is 2. The van der Waals surface area contributed by atoms with Gasteiger partial charge < -0.3 is 37.1 Å². The smallest absolute Gasteiger partial charge is 0.310 e. The van der Waals surface area contributed by atoms with Crippen LogP contribution in [0.5, 0.6) is 0 Å². The molecule has 0 saturated heterocycles. The van der Waals surface area contributed by atoms with Crippen molar-refractivity contribution in [1.29, 1.82) is 0 Å². The van der Waals surface area contributed by atoms with Crippen molar-refractivity contribution in [3.8, 4) is 0 Å². The van der Waals surface area contributed by atoms with Crippen molar-refractivity contribution in [2.45, 2.75) is 53.4 Å². The molecule has 4 aromatic carbocycles. The number of nitrogen functional groups attached to an aromatic ring is 2. The van der Waals surface area contributed by atoms with E-state index in [0.717, 1.165) is 9.80 Å². The third-order valence-electron chi connectivity index (χ3n) is 8.52. The quantitative estimate of drug-likeness (QED) is 0.0575. The van der Waals surface area contributed by atoms with Crippen LogP contribution in [0.4, 0.5) is 22.7 Å².